The highest BCUT2D eigenvalue weighted by Crippen LogP contribution is 2.24. The summed E-state index contributed by atoms with van der Waals surface area (Å²) in [5, 5.41) is 2.85. The third-order valence-electron chi connectivity index (χ3n) is 5.25. The topological polar surface area (TPSA) is 37.9 Å². The number of benzene rings is 3. The molecule has 3 aromatic carbocycles. The van der Waals surface area contributed by atoms with Crippen LogP contribution >= 0.6 is 23.2 Å². The van der Waals surface area contributed by atoms with E-state index in [2.05, 4.69) is 52.4 Å². The molecule has 1 heterocycles. The number of H-pyrrole nitrogens is 1. The number of aromatic nitrogens is 2. The van der Waals surface area contributed by atoms with Gasteiger partial charge >= 0.3 is 0 Å². The zero-order valence-corrected chi connectivity index (χ0v) is 20.2. The SMILES string of the molecule is C\C(=C/C=C(Cl)\C=C\Cl)c1cnc(/C=C/c2ccc3cc(OCc4ccccc4)ccc3c2)[nH]1. The molecule has 0 unspecified atom stereocenters. The molecule has 0 radical (unpaired) electrons. The molecule has 1 aromatic heterocycles. The van der Waals surface area contributed by atoms with Crippen molar-refractivity contribution in [3.63, 3.8) is 0 Å². The van der Waals surface area contributed by atoms with E-state index >= 15 is 0 Å². The number of rotatable bonds is 8. The number of ether oxygens (including phenoxy) is 1. The molecule has 0 aliphatic rings. The molecule has 0 spiro atoms. The number of nitrogens with zero attached hydrogens (tertiary/aromatic N) is 1. The van der Waals surface area contributed by atoms with Gasteiger partial charge < -0.3 is 9.72 Å². The fourth-order valence-electron chi connectivity index (χ4n) is 3.38. The van der Waals surface area contributed by atoms with Gasteiger partial charge in [0.15, 0.2) is 0 Å². The fourth-order valence-corrected chi connectivity index (χ4v) is 3.71. The lowest BCUT2D eigenvalue weighted by Gasteiger charge is -2.08. The van der Waals surface area contributed by atoms with Crippen molar-refractivity contribution in [1.29, 1.82) is 0 Å². The van der Waals surface area contributed by atoms with E-state index in [1.54, 1.807) is 12.2 Å². The Morgan fingerprint density at radius 2 is 1.76 bits per heavy atom. The Hall–Kier alpha value is -3.53. The van der Waals surface area contributed by atoms with Crippen LogP contribution in [0.1, 0.15) is 29.6 Å². The number of allylic oxidation sites excluding steroid dienone is 5. The number of hydrogen-bond donors (Lipinski definition) is 1. The van der Waals surface area contributed by atoms with Gasteiger partial charge in [0, 0.05) is 10.6 Å². The number of fused-ring (bicyclic) bond motifs is 1. The molecular weight excluding hydrogens is 463 g/mol. The molecule has 0 fully saturated rings. The van der Waals surface area contributed by atoms with Gasteiger partial charge in [-0.05, 0) is 70.8 Å². The Bertz CT molecular complexity index is 1380. The van der Waals surface area contributed by atoms with Crippen LogP contribution in [0.4, 0.5) is 0 Å². The lowest BCUT2D eigenvalue weighted by Crippen LogP contribution is -1.94. The Balaban J connectivity index is 1.42. The standard InChI is InChI=1S/C29H24Cl2N2O/c1-21(7-12-26(31)15-16-30)28-19-32-29(33-28)14-9-22-8-10-25-18-27(13-11-24(25)17-22)34-20-23-5-3-2-4-6-23/h2-19H,20H2,1H3,(H,32,33)/b14-9+,16-15+,21-7+,26-12+. The van der Waals surface area contributed by atoms with Gasteiger partial charge in [-0.3, -0.25) is 0 Å². The predicted octanol–water partition coefficient (Wildman–Crippen LogP) is 8.59. The van der Waals surface area contributed by atoms with Gasteiger partial charge in [0.25, 0.3) is 0 Å². The molecule has 0 aliphatic heterocycles. The molecule has 0 saturated carbocycles. The molecule has 1 N–H and O–H groups in total. The highest BCUT2D eigenvalue weighted by atomic mass is 35.5. The van der Waals surface area contributed by atoms with E-state index in [0.29, 0.717) is 11.6 Å². The third-order valence-corrected chi connectivity index (χ3v) is 5.63. The molecule has 0 atom stereocenters. The normalized spacial score (nSPS) is 12.8. The molecule has 170 valence electrons. The highest BCUT2D eigenvalue weighted by Gasteiger charge is 2.02. The van der Waals surface area contributed by atoms with Crippen LogP contribution in [-0.2, 0) is 6.61 Å². The number of hydrogen-bond acceptors (Lipinski definition) is 2. The molecule has 34 heavy (non-hydrogen) atoms. The summed E-state index contributed by atoms with van der Waals surface area (Å²) in [5.41, 5.74) is 5.57. The van der Waals surface area contributed by atoms with E-state index in [0.717, 1.165) is 44.7 Å². The van der Waals surface area contributed by atoms with Crippen LogP contribution in [-0.4, -0.2) is 9.97 Å². The summed E-state index contributed by atoms with van der Waals surface area (Å²) >= 11 is 11.6. The van der Waals surface area contributed by atoms with Crippen LogP contribution in [0.2, 0.25) is 0 Å². The average molecular weight is 487 g/mol. The van der Waals surface area contributed by atoms with Gasteiger partial charge in [-0.25, -0.2) is 4.98 Å². The van der Waals surface area contributed by atoms with E-state index in [1.165, 1.54) is 5.54 Å². The van der Waals surface area contributed by atoms with Crippen molar-refractivity contribution in [2.45, 2.75) is 13.5 Å². The van der Waals surface area contributed by atoms with Crippen molar-refractivity contribution >= 4 is 51.7 Å². The maximum atomic E-state index is 6.03. The Morgan fingerprint density at radius 1 is 0.971 bits per heavy atom. The van der Waals surface area contributed by atoms with Gasteiger partial charge in [-0.1, -0.05) is 83.9 Å². The maximum Gasteiger partial charge on any atom is 0.130 e. The molecule has 0 aliphatic carbocycles. The molecule has 0 bridgehead atoms. The molecule has 0 saturated heterocycles. The lowest BCUT2D eigenvalue weighted by molar-refractivity contribution is 0.306. The zero-order chi connectivity index (χ0) is 23.8. The van der Waals surface area contributed by atoms with Crippen LogP contribution in [0.5, 0.6) is 5.75 Å². The molecule has 4 rings (SSSR count). The van der Waals surface area contributed by atoms with Gasteiger partial charge in [-0.2, -0.15) is 0 Å². The van der Waals surface area contributed by atoms with E-state index in [-0.39, 0.29) is 0 Å². The lowest BCUT2D eigenvalue weighted by atomic mass is 10.1. The molecule has 0 amide bonds. The largest absolute Gasteiger partial charge is 0.489 e. The predicted molar refractivity (Wildman–Crippen MR) is 145 cm³/mol. The molecule has 5 heteroatoms. The number of imidazole rings is 1. The summed E-state index contributed by atoms with van der Waals surface area (Å²) in [6, 6.07) is 22.7. The summed E-state index contributed by atoms with van der Waals surface area (Å²) in [4.78, 5) is 7.76. The first kappa shape index (κ1) is 23.6. The van der Waals surface area contributed by atoms with Crippen molar-refractivity contribution in [2.24, 2.45) is 0 Å². The fraction of sp³-hybridized carbons (Fsp3) is 0.0690. The van der Waals surface area contributed by atoms with E-state index in [4.69, 9.17) is 27.9 Å². The monoisotopic (exact) mass is 486 g/mol. The number of aromatic amines is 1. The van der Waals surface area contributed by atoms with Crippen molar-refractivity contribution in [1.82, 2.24) is 9.97 Å². The number of halogens is 2. The molecule has 3 nitrogen and oxygen atoms in total. The minimum Gasteiger partial charge on any atom is -0.489 e. The van der Waals surface area contributed by atoms with Crippen molar-refractivity contribution in [2.75, 3.05) is 0 Å². The average Bonchev–Trinajstić information content (AvgIpc) is 3.35. The third kappa shape index (κ3) is 6.50. The number of nitrogens with one attached hydrogen (secondary N) is 1. The summed E-state index contributed by atoms with van der Waals surface area (Å²) < 4.78 is 5.95. The van der Waals surface area contributed by atoms with Gasteiger partial charge in [-0.15, -0.1) is 0 Å². The highest BCUT2D eigenvalue weighted by molar-refractivity contribution is 6.33. The van der Waals surface area contributed by atoms with E-state index in [1.807, 2.05) is 55.6 Å². The Morgan fingerprint density at radius 3 is 2.59 bits per heavy atom. The van der Waals surface area contributed by atoms with Gasteiger partial charge in [0.2, 0.25) is 0 Å². The van der Waals surface area contributed by atoms with Crippen LogP contribution in [0.3, 0.4) is 0 Å². The zero-order valence-electron chi connectivity index (χ0n) is 18.7. The first-order chi connectivity index (χ1) is 16.6. The second-order valence-electron chi connectivity index (χ2n) is 7.75. The van der Waals surface area contributed by atoms with Crippen molar-refractivity contribution < 1.29 is 4.74 Å². The second kappa shape index (κ2) is 11.6. The van der Waals surface area contributed by atoms with Crippen LogP contribution in [0.15, 0.2) is 102 Å². The van der Waals surface area contributed by atoms with E-state index in [9.17, 15) is 0 Å². The first-order valence-electron chi connectivity index (χ1n) is 10.9. The Labute approximate surface area is 209 Å². The second-order valence-corrected chi connectivity index (χ2v) is 8.44. The van der Waals surface area contributed by atoms with E-state index < -0.39 is 0 Å². The van der Waals surface area contributed by atoms with Crippen molar-refractivity contribution in [3.05, 3.63) is 124 Å². The maximum absolute atomic E-state index is 6.03. The summed E-state index contributed by atoms with van der Waals surface area (Å²) in [6.45, 7) is 2.55. The van der Waals surface area contributed by atoms with Crippen molar-refractivity contribution in [3.8, 4) is 5.75 Å². The Kier molecular flexibility index (Phi) is 8.03. The minimum atomic E-state index is 0.556. The quantitative estimate of drug-likeness (QED) is 0.253. The van der Waals surface area contributed by atoms with Crippen LogP contribution in [0.25, 0.3) is 28.5 Å². The summed E-state index contributed by atoms with van der Waals surface area (Å²) in [7, 11) is 0. The molecular formula is C29H24Cl2N2O. The van der Waals surface area contributed by atoms with Crippen LogP contribution < -0.4 is 4.74 Å². The molecule has 4 aromatic rings. The van der Waals surface area contributed by atoms with Gasteiger partial charge in [0.05, 0.1) is 11.9 Å². The first-order valence-corrected chi connectivity index (χ1v) is 11.7. The summed E-state index contributed by atoms with van der Waals surface area (Å²) in [5.74, 6) is 1.64. The summed E-state index contributed by atoms with van der Waals surface area (Å²) in [6.07, 6.45) is 11.1. The van der Waals surface area contributed by atoms with Gasteiger partial charge in [0.1, 0.15) is 18.2 Å². The smallest absolute Gasteiger partial charge is 0.130 e. The minimum absolute atomic E-state index is 0.556. The van der Waals surface area contributed by atoms with Crippen LogP contribution in [0, 0.1) is 0 Å².